The van der Waals surface area contributed by atoms with Crippen LogP contribution in [0.2, 0.25) is 0 Å². The number of nitrogens with zero attached hydrogens (tertiary/aromatic N) is 2. The van der Waals surface area contributed by atoms with Crippen LogP contribution in [0.25, 0.3) is 0 Å². The molecule has 2 heterocycles. The van der Waals surface area contributed by atoms with E-state index in [0.717, 1.165) is 12.8 Å². The molecule has 2 aliphatic heterocycles. The van der Waals surface area contributed by atoms with E-state index in [-0.39, 0.29) is 41.2 Å². The molecule has 0 bridgehead atoms. The Morgan fingerprint density at radius 2 is 1.86 bits per heavy atom. The van der Waals surface area contributed by atoms with Crippen LogP contribution in [-0.2, 0) is 4.74 Å². The summed E-state index contributed by atoms with van der Waals surface area (Å²) in [7, 11) is 4.31. The summed E-state index contributed by atoms with van der Waals surface area (Å²) in [4.78, 5) is 29.3. The molecule has 1 fully saturated rings. The van der Waals surface area contributed by atoms with Crippen LogP contribution in [0.4, 0.5) is 10.5 Å². The Balaban J connectivity index is 2.15. The fourth-order valence-corrected chi connectivity index (χ4v) is 3.87. The number of fused-ring (bicyclic) bond motifs is 2. The van der Waals surface area contributed by atoms with Crippen molar-refractivity contribution in [3.8, 4) is 17.2 Å². The van der Waals surface area contributed by atoms with Gasteiger partial charge in [-0.3, -0.25) is 9.69 Å². The molecule has 8 nitrogen and oxygen atoms in total. The minimum absolute atomic E-state index is 0.170. The maximum atomic E-state index is 13.4. The van der Waals surface area contributed by atoms with Crippen molar-refractivity contribution < 1.29 is 28.5 Å². The fourth-order valence-electron chi connectivity index (χ4n) is 3.70. The lowest BCUT2D eigenvalue weighted by Crippen LogP contribution is -2.42. The van der Waals surface area contributed by atoms with Crippen LogP contribution in [-0.4, -0.2) is 67.8 Å². The molecule has 29 heavy (non-hydrogen) atoms. The SMILES string of the molecule is COc1cc2c(c(OC)c1OC)C(=O)N1CCCC1CN2C(=O)OCC(Cl)(Cl)Cl. The summed E-state index contributed by atoms with van der Waals surface area (Å²) in [6.07, 6.45) is 0.844. The van der Waals surface area contributed by atoms with E-state index < -0.39 is 16.5 Å². The van der Waals surface area contributed by atoms with Crippen molar-refractivity contribution in [1.82, 2.24) is 4.90 Å². The highest BCUT2D eigenvalue weighted by atomic mass is 35.6. The van der Waals surface area contributed by atoms with Crippen LogP contribution in [0, 0.1) is 0 Å². The highest BCUT2D eigenvalue weighted by Crippen LogP contribution is 2.47. The second kappa shape index (κ2) is 8.53. The maximum Gasteiger partial charge on any atom is 0.414 e. The van der Waals surface area contributed by atoms with Crippen LogP contribution < -0.4 is 19.1 Å². The largest absolute Gasteiger partial charge is 0.493 e. The summed E-state index contributed by atoms with van der Waals surface area (Å²) in [5.74, 6) is 0.488. The smallest absolute Gasteiger partial charge is 0.414 e. The number of hydrogen-bond acceptors (Lipinski definition) is 6. The highest BCUT2D eigenvalue weighted by molar-refractivity contribution is 6.67. The Labute approximate surface area is 183 Å². The minimum atomic E-state index is -1.76. The topological polar surface area (TPSA) is 77.5 Å². The Kier molecular flexibility index (Phi) is 6.45. The number of halogens is 3. The van der Waals surface area contributed by atoms with Crippen molar-refractivity contribution in [3.05, 3.63) is 11.6 Å². The molecule has 0 N–H and O–H groups in total. The lowest BCUT2D eigenvalue weighted by molar-refractivity contribution is 0.0743. The normalized spacial score (nSPS) is 18.7. The number of alkyl halides is 3. The number of amides is 2. The van der Waals surface area contributed by atoms with Crippen LogP contribution in [0.5, 0.6) is 17.2 Å². The zero-order valence-corrected chi connectivity index (χ0v) is 18.4. The van der Waals surface area contributed by atoms with E-state index in [0.29, 0.717) is 12.3 Å². The number of anilines is 1. The summed E-state index contributed by atoms with van der Waals surface area (Å²) in [6, 6.07) is 1.38. The summed E-state index contributed by atoms with van der Waals surface area (Å²) < 4.78 is 19.7. The summed E-state index contributed by atoms with van der Waals surface area (Å²) >= 11 is 17.1. The van der Waals surface area contributed by atoms with E-state index in [4.69, 9.17) is 53.8 Å². The quantitative estimate of drug-likeness (QED) is 0.629. The Hall–Kier alpha value is -1.77. The third-order valence-electron chi connectivity index (χ3n) is 4.92. The summed E-state index contributed by atoms with van der Waals surface area (Å²) in [6.45, 7) is 0.378. The molecular formula is C18H21Cl3N2O6. The van der Waals surface area contributed by atoms with Gasteiger partial charge in [0.1, 0.15) is 12.2 Å². The second-order valence-corrected chi connectivity index (χ2v) is 9.13. The number of ether oxygens (including phenoxy) is 4. The molecule has 2 amide bonds. The van der Waals surface area contributed by atoms with Crippen LogP contribution in [0.3, 0.4) is 0 Å². The number of rotatable bonds is 4. The number of methoxy groups -OCH3 is 3. The molecular weight excluding hydrogens is 447 g/mol. The first-order valence-corrected chi connectivity index (χ1v) is 10.00. The molecule has 160 valence electrons. The fraction of sp³-hybridized carbons (Fsp3) is 0.556. The highest BCUT2D eigenvalue weighted by Gasteiger charge is 2.42. The standard InChI is InChI=1S/C18H21Cl3N2O6/c1-26-12-7-11-13(15(28-3)14(12)27-2)16(24)22-6-4-5-10(22)8-23(11)17(25)29-9-18(19,20)21/h7,10H,4-6,8-9H2,1-3H3. The maximum absolute atomic E-state index is 13.4. The molecule has 1 atom stereocenters. The number of benzene rings is 1. The molecule has 11 heteroatoms. The first-order chi connectivity index (χ1) is 13.7. The molecule has 1 aromatic carbocycles. The zero-order chi connectivity index (χ0) is 21.3. The van der Waals surface area contributed by atoms with Gasteiger partial charge in [0.2, 0.25) is 9.54 Å². The van der Waals surface area contributed by atoms with Gasteiger partial charge >= 0.3 is 6.09 Å². The summed E-state index contributed by atoms with van der Waals surface area (Å²) in [5, 5.41) is 0. The Morgan fingerprint density at radius 1 is 1.17 bits per heavy atom. The van der Waals surface area contributed by atoms with Gasteiger partial charge in [0.05, 0.1) is 33.1 Å². The van der Waals surface area contributed by atoms with Gasteiger partial charge in [0.15, 0.2) is 11.5 Å². The molecule has 2 aliphatic rings. The molecule has 1 saturated heterocycles. The average molecular weight is 468 g/mol. The molecule has 1 aromatic rings. The van der Waals surface area contributed by atoms with Crippen LogP contribution in [0.15, 0.2) is 6.07 Å². The van der Waals surface area contributed by atoms with E-state index in [1.807, 2.05) is 0 Å². The van der Waals surface area contributed by atoms with Crippen molar-refractivity contribution in [3.63, 3.8) is 0 Å². The lowest BCUT2D eigenvalue weighted by Gasteiger charge is -2.26. The molecule has 0 saturated carbocycles. The van der Waals surface area contributed by atoms with Crippen LogP contribution in [0.1, 0.15) is 23.2 Å². The van der Waals surface area contributed by atoms with Gasteiger partial charge in [0.25, 0.3) is 5.91 Å². The zero-order valence-electron chi connectivity index (χ0n) is 16.2. The average Bonchev–Trinajstić information content (AvgIpc) is 3.11. The van der Waals surface area contributed by atoms with E-state index in [1.165, 1.54) is 26.2 Å². The van der Waals surface area contributed by atoms with Crippen LogP contribution >= 0.6 is 34.8 Å². The molecule has 0 aromatic heterocycles. The first-order valence-electron chi connectivity index (χ1n) is 8.86. The Bertz CT molecular complexity index is 814. The van der Waals surface area contributed by atoms with Gasteiger partial charge in [-0.25, -0.2) is 4.79 Å². The first kappa shape index (κ1) is 21.9. The van der Waals surface area contributed by atoms with Gasteiger partial charge in [-0.2, -0.15) is 0 Å². The second-order valence-electron chi connectivity index (χ2n) is 6.61. The number of hydrogen-bond donors (Lipinski definition) is 0. The molecule has 0 radical (unpaired) electrons. The third-order valence-corrected chi connectivity index (χ3v) is 5.25. The van der Waals surface area contributed by atoms with Gasteiger partial charge in [-0.1, -0.05) is 34.8 Å². The van der Waals surface area contributed by atoms with Gasteiger partial charge in [-0.05, 0) is 12.8 Å². The molecule has 0 aliphatic carbocycles. The molecule has 3 rings (SSSR count). The lowest BCUT2D eigenvalue weighted by atomic mass is 10.1. The van der Waals surface area contributed by atoms with Gasteiger partial charge in [0, 0.05) is 19.2 Å². The van der Waals surface area contributed by atoms with E-state index in [2.05, 4.69) is 0 Å². The predicted molar refractivity (Wildman–Crippen MR) is 109 cm³/mol. The number of carbonyl (C=O) groups is 2. The molecule has 0 spiro atoms. The Morgan fingerprint density at radius 3 is 2.45 bits per heavy atom. The third kappa shape index (κ3) is 4.25. The van der Waals surface area contributed by atoms with Crippen molar-refractivity contribution >= 4 is 52.5 Å². The van der Waals surface area contributed by atoms with E-state index in [9.17, 15) is 9.59 Å². The van der Waals surface area contributed by atoms with E-state index in [1.54, 1.807) is 11.0 Å². The minimum Gasteiger partial charge on any atom is -0.493 e. The number of carbonyl (C=O) groups excluding carboxylic acids is 2. The van der Waals surface area contributed by atoms with Gasteiger partial charge < -0.3 is 23.8 Å². The van der Waals surface area contributed by atoms with Crippen molar-refractivity contribution in [2.75, 3.05) is 45.9 Å². The van der Waals surface area contributed by atoms with E-state index >= 15 is 0 Å². The molecule has 1 unspecified atom stereocenters. The van der Waals surface area contributed by atoms with Crippen molar-refractivity contribution in [1.29, 1.82) is 0 Å². The monoisotopic (exact) mass is 466 g/mol. The van der Waals surface area contributed by atoms with Gasteiger partial charge in [-0.15, -0.1) is 0 Å². The van der Waals surface area contributed by atoms with Crippen molar-refractivity contribution in [2.24, 2.45) is 0 Å². The summed E-state index contributed by atoms with van der Waals surface area (Å²) in [5.41, 5.74) is 0.480. The van der Waals surface area contributed by atoms with Crippen molar-refractivity contribution in [2.45, 2.75) is 22.7 Å². The predicted octanol–water partition coefficient (Wildman–Crippen LogP) is 3.64.